The van der Waals surface area contributed by atoms with Crippen molar-refractivity contribution in [3.8, 4) is 11.5 Å². The van der Waals surface area contributed by atoms with Gasteiger partial charge in [-0.05, 0) is 52.8 Å². The van der Waals surface area contributed by atoms with Crippen LogP contribution in [0.2, 0.25) is 0 Å². The van der Waals surface area contributed by atoms with E-state index < -0.39 is 53.5 Å². The summed E-state index contributed by atoms with van der Waals surface area (Å²) in [6, 6.07) is 16.1. The van der Waals surface area contributed by atoms with Gasteiger partial charge in [-0.3, -0.25) is 24.0 Å². The molecular weight excluding hydrogens is 829 g/mol. The molecule has 5 aromatic rings. The van der Waals surface area contributed by atoms with Crippen LogP contribution in [0.25, 0.3) is 0 Å². The number of primary amides is 1. The lowest BCUT2D eigenvalue weighted by Gasteiger charge is -2.23. The van der Waals surface area contributed by atoms with Gasteiger partial charge in [0, 0.05) is 79.2 Å². The fourth-order valence-electron chi connectivity index (χ4n) is 7.10. The minimum absolute atomic E-state index is 0.0414. The Morgan fingerprint density at radius 2 is 1.23 bits per heavy atom. The zero-order valence-corrected chi connectivity index (χ0v) is 36.2. The summed E-state index contributed by atoms with van der Waals surface area (Å²) in [5.41, 5.74) is 15.6. The van der Waals surface area contributed by atoms with Crippen LogP contribution in [0, 0.1) is 11.8 Å². The molecule has 8 bridgehead atoms. The molecule has 5 atom stereocenters. The van der Waals surface area contributed by atoms with Crippen molar-refractivity contribution in [1.82, 2.24) is 20.6 Å². The van der Waals surface area contributed by atoms with Crippen molar-refractivity contribution in [2.45, 2.75) is 76.9 Å². The van der Waals surface area contributed by atoms with E-state index in [0.717, 1.165) is 20.9 Å². The van der Waals surface area contributed by atoms with Crippen molar-refractivity contribution in [1.29, 1.82) is 0 Å². The second-order valence-corrected chi connectivity index (χ2v) is 18.0. The molecule has 0 spiro atoms. The van der Waals surface area contributed by atoms with Crippen molar-refractivity contribution in [3.63, 3.8) is 0 Å². The fraction of sp³-hybridized carbons (Fsp3) is 0.356. The third-order valence-corrected chi connectivity index (χ3v) is 12.6. The van der Waals surface area contributed by atoms with Gasteiger partial charge >= 0.3 is 0 Å². The number of Topliss-reactive ketones (excluding diaryl/α,β-unsaturated/α-hetero) is 2. The van der Waals surface area contributed by atoms with E-state index in [2.05, 4.69) is 31.2 Å². The molecule has 0 fully saturated rings. The molecule has 17 heteroatoms. The number of phenols is 2. The van der Waals surface area contributed by atoms with E-state index in [4.69, 9.17) is 11.5 Å². The summed E-state index contributed by atoms with van der Waals surface area (Å²) < 4.78 is 0. The van der Waals surface area contributed by atoms with Crippen LogP contribution < -0.4 is 32.7 Å². The summed E-state index contributed by atoms with van der Waals surface area (Å²) in [6.07, 6.45) is 4.21. The Balaban J connectivity index is 1.22. The molecule has 3 amide bonds. The van der Waals surface area contributed by atoms with Crippen molar-refractivity contribution in [2.24, 2.45) is 23.3 Å². The van der Waals surface area contributed by atoms with Gasteiger partial charge in [0.15, 0.2) is 21.8 Å². The first-order chi connectivity index (χ1) is 29.7. The molecule has 3 heterocycles. The summed E-state index contributed by atoms with van der Waals surface area (Å²) in [7, 11) is 0. The molecule has 0 aliphatic carbocycles. The smallest absolute Gasteiger partial charge is 0.240 e. The molecule has 1 aliphatic heterocycles. The summed E-state index contributed by atoms with van der Waals surface area (Å²) in [4.78, 5) is 77.7. The van der Waals surface area contributed by atoms with E-state index in [1.54, 1.807) is 50.5 Å². The van der Waals surface area contributed by atoms with Crippen LogP contribution in [0.5, 0.6) is 11.5 Å². The number of ketones is 2. The number of nitrogens with two attached hydrogens (primary N) is 2. The normalized spacial score (nSPS) is 21.4. The van der Waals surface area contributed by atoms with Gasteiger partial charge in [0.05, 0.1) is 12.1 Å². The quantitative estimate of drug-likeness (QED) is 0.128. The molecule has 6 rings (SSSR count). The number of carbonyl (C=O) groups excluding carboxylic acids is 5. The Morgan fingerprint density at radius 1 is 0.710 bits per heavy atom. The van der Waals surface area contributed by atoms with Gasteiger partial charge in [0.2, 0.25) is 17.7 Å². The predicted octanol–water partition coefficient (Wildman–Crippen LogP) is 4.03. The van der Waals surface area contributed by atoms with Gasteiger partial charge in [-0.1, -0.05) is 68.4 Å². The van der Waals surface area contributed by atoms with Crippen LogP contribution in [-0.2, 0) is 56.1 Å². The zero-order chi connectivity index (χ0) is 44.3. The van der Waals surface area contributed by atoms with E-state index in [-0.39, 0.29) is 49.4 Å². The van der Waals surface area contributed by atoms with E-state index in [1.807, 2.05) is 36.4 Å². The monoisotopic (exact) mass is 880 g/mol. The first kappa shape index (κ1) is 45.4. The fourth-order valence-corrected chi connectivity index (χ4v) is 8.83. The highest BCUT2D eigenvalue weighted by Crippen LogP contribution is 2.29. The molecule has 326 valence electrons. The van der Waals surface area contributed by atoms with Crippen LogP contribution in [-0.4, -0.2) is 80.7 Å². The van der Waals surface area contributed by atoms with Crippen LogP contribution in [0.1, 0.15) is 64.3 Å². The molecule has 0 saturated heterocycles. The third-order valence-electron chi connectivity index (χ3n) is 10.7. The molecule has 0 saturated carbocycles. The van der Waals surface area contributed by atoms with Crippen molar-refractivity contribution in [3.05, 3.63) is 117 Å². The van der Waals surface area contributed by atoms with Gasteiger partial charge in [-0.25, -0.2) is 9.97 Å². The van der Waals surface area contributed by atoms with Gasteiger partial charge in [0.1, 0.15) is 17.5 Å². The second-order valence-electron chi connectivity index (χ2n) is 15.8. The van der Waals surface area contributed by atoms with E-state index >= 15 is 0 Å². The number of nitrogens with zero attached hydrogens (tertiary/aromatic N) is 2. The number of rotatable bonds is 3. The minimum atomic E-state index is -1.11. The molecule has 3 aromatic carbocycles. The number of hydrogen-bond acceptors (Lipinski definition) is 14. The molecule has 0 unspecified atom stereocenters. The summed E-state index contributed by atoms with van der Waals surface area (Å²) >= 11 is 2.90. The van der Waals surface area contributed by atoms with Gasteiger partial charge in [0.25, 0.3) is 0 Å². The van der Waals surface area contributed by atoms with Crippen LogP contribution >= 0.6 is 22.7 Å². The Labute approximate surface area is 367 Å². The number of hydrogen-bond donors (Lipinski definition) is 8. The lowest BCUT2D eigenvalue weighted by molar-refractivity contribution is -0.134. The maximum atomic E-state index is 13.9. The standard InChI is InChI=1S/C45H52N8O7S2/c1-25-14-39(56)34(46)18-28-8-10-37(54)30(16-28)21-32-23-50-44(61-32)48-12-13-49-45-51-24-33(62-45)22-31-17-29(9-11-38(31)55)20-36(41(47)58)53-43(60)26(2)15-40(57)35(52-42(25)59)19-27-6-4-3-5-7-27/h3-11,16-17,23-26,34-36,54-55H,12-15,18-22,46H2,1-2H3,(H2,47,58)(H,48,50)(H,49,51)(H,52,59)(H,53,60)/t25-,26-,34-,35-,36-/m0/s1. The van der Waals surface area contributed by atoms with Crippen LogP contribution in [0.15, 0.2) is 79.1 Å². The Hall–Kier alpha value is -6.17. The number of benzene rings is 3. The van der Waals surface area contributed by atoms with Crippen LogP contribution in [0.4, 0.5) is 10.3 Å². The lowest BCUT2D eigenvalue weighted by atomic mass is 9.92. The van der Waals surface area contributed by atoms with E-state index in [0.29, 0.717) is 52.9 Å². The average Bonchev–Trinajstić information content (AvgIpc) is 3.90. The highest BCUT2D eigenvalue weighted by Gasteiger charge is 2.30. The molecule has 0 radical (unpaired) electrons. The van der Waals surface area contributed by atoms with Crippen molar-refractivity contribution < 1.29 is 34.2 Å². The predicted molar refractivity (Wildman–Crippen MR) is 239 cm³/mol. The summed E-state index contributed by atoms with van der Waals surface area (Å²) in [5.74, 6) is -4.15. The third kappa shape index (κ3) is 12.7. The van der Waals surface area contributed by atoms with Gasteiger partial charge < -0.3 is 42.9 Å². The number of carbonyl (C=O) groups is 5. The topological polar surface area (TPSA) is 252 Å². The second kappa shape index (κ2) is 21.1. The van der Waals surface area contributed by atoms with E-state index in [9.17, 15) is 34.2 Å². The number of anilines is 2. The minimum Gasteiger partial charge on any atom is -0.508 e. The first-order valence-corrected chi connectivity index (χ1v) is 22.1. The Kier molecular flexibility index (Phi) is 15.4. The molecule has 15 nitrogen and oxygen atoms in total. The Morgan fingerprint density at radius 3 is 1.77 bits per heavy atom. The number of aromatic hydroxyl groups is 2. The summed E-state index contributed by atoms with van der Waals surface area (Å²) in [5, 5.41) is 34.9. The SMILES string of the molecule is C[C@H]1CC(=O)[C@H](Cc2ccccc2)NC(=O)[C@@H](C)CC(=O)[C@@H](N)Cc2ccc(O)c(c2)Cc2cnc(s2)NCCNc2ncc(s2)Cc2cc(ccc2O)C[C@@H](C(N)=O)NC1=O. The number of nitrogens with one attached hydrogen (secondary N) is 4. The number of aromatic nitrogens is 2. The molecule has 1 aliphatic rings. The number of phenolic OH excluding ortho intramolecular Hbond substituents is 2. The highest BCUT2D eigenvalue weighted by molar-refractivity contribution is 7.15. The molecular formula is C45H52N8O7S2. The summed E-state index contributed by atoms with van der Waals surface area (Å²) in [6.45, 7) is 4.26. The number of amides is 3. The highest BCUT2D eigenvalue weighted by atomic mass is 32.1. The maximum absolute atomic E-state index is 13.9. The van der Waals surface area contributed by atoms with Crippen molar-refractivity contribution >= 4 is 62.2 Å². The molecule has 2 aromatic heterocycles. The number of thiazole rings is 2. The molecule has 10 N–H and O–H groups in total. The van der Waals surface area contributed by atoms with Crippen molar-refractivity contribution in [2.75, 3.05) is 23.7 Å². The van der Waals surface area contributed by atoms with Gasteiger partial charge in [-0.15, -0.1) is 22.7 Å². The van der Waals surface area contributed by atoms with Gasteiger partial charge in [-0.2, -0.15) is 0 Å². The van der Waals surface area contributed by atoms with E-state index in [1.165, 1.54) is 28.7 Å². The Bertz CT molecular complexity index is 2390. The molecule has 62 heavy (non-hydrogen) atoms. The van der Waals surface area contributed by atoms with Crippen LogP contribution in [0.3, 0.4) is 0 Å². The lowest BCUT2D eigenvalue weighted by Crippen LogP contribution is -2.49. The maximum Gasteiger partial charge on any atom is 0.240 e. The zero-order valence-electron chi connectivity index (χ0n) is 34.6. The first-order valence-electron chi connectivity index (χ1n) is 20.4. The number of fused-ring (bicyclic) bond motifs is 8. The average molecular weight is 881 g/mol. The largest absolute Gasteiger partial charge is 0.508 e.